The van der Waals surface area contributed by atoms with Crippen molar-refractivity contribution in [3.05, 3.63) is 64.0 Å². The van der Waals surface area contributed by atoms with Gasteiger partial charge < -0.3 is 9.30 Å². The molecule has 0 N–H and O–H groups in total. The number of aromatic nitrogens is 1. The molecule has 7 heteroatoms. The molecule has 0 unspecified atom stereocenters. The summed E-state index contributed by atoms with van der Waals surface area (Å²) in [5.41, 5.74) is 3.10. The normalized spacial score (nSPS) is 11.7. The molecule has 0 aliphatic carbocycles. The molecule has 5 nitrogen and oxygen atoms in total. The van der Waals surface area contributed by atoms with E-state index in [4.69, 9.17) is 4.74 Å². The van der Waals surface area contributed by atoms with Gasteiger partial charge in [-0.15, -0.1) is 0 Å². The fourth-order valence-electron chi connectivity index (χ4n) is 2.65. The molecule has 0 fully saturated rings. The molecule has 2 aromatic carbocycles. The van der Waals surface area contributed by atoms with E-state index in [0.717, 1.165) is 28.1 Å². The van der Waals surface area contributed by atoms with Crippen LogP contribution in [0.25, 0.3) is 10.2 Å². The van der Waals surface area contributed by atoms with E-state index in [-0.39, 0.29) is 11.9 Å². The van der Waals surface area contributed by atoms with Crippen molar-refractivity contribution in [2.24, 2.45) is 4.99 Å². The number of carbonyl (C=O) groups is 2. The highest BCUT2D eigenvalue weighted by Crippen LogP contribution is 2.20. The van der Waals surface area contributed by atoms with Gasteiger partial charge in [0.2, 0.25) is 0 Å². The monoisotopic (exact) mass is 400 g/mol. The van der Waals surface area contributed by atoms with Crippen LogP contribution in [0.4, 0.5) is 0 Å². The van der Waals surface area contributed by atoms with Gasteiger partial charge in [0.1, 0.15) is 0 Å². The van der Waals surface area contributed by atoms with Gasteiger partial charge in [0, 0.05) is 17.9 Å². The van der Waals surface area contributed by atoms with Crippen molar-refractivity contribution in [1.82, 2.24) is 4.57 Å². The Balaban J connectivity index is 2.10. The van der Waals surface area contributed by atoms with Crippen LogP contribution in [0.15, 0.2) is 47.5 Å². The summed E-state index contributed by atoms with van der Waals surface area (Å²) in [4.78, 5) is 29.4. The number of nitrogens with zero attached hydrogens (tertiary/aromatic N) is 2. The Morgan fingerprint density at radius 2 is 1.85 bits per heavy atom. The molecule has 0 spiro atoms. The number of thioether (sulfide) groups is 1. The summed E-state index contributed by atoms with van der Waals surface area (Å²) in [6.07, 6.45) is 2.04. The van der Waals surface area contributed by atoms with Crippen molar-refractivity contribution in [3.8, 4) is 0 Å². The lowest BCUT2D eigenvalue weighted by atomic mass is 10.1. The van der Waals surface area contributed by atoms with Gasteiger partial charge in [-0.05, 0) is 43.5 Å². The molecule has 0 bridgehead atoms. The van der Waals surface area contributed by atoms with Crippen LogP contribution in [0.5, 0.6) is 0 Å². The van der Waals surface area contributed by atoms with Crippen molar-refractivity contribution in [1.29, 1.82) is 0 Å². The fraction of sp³-hybridized carbons (Fsp3) is 0.250. The third-order valence-corrected chi connectivity index (χ3v) is 5.75. The van der Waals surface area contributed by atoms with Crippen molar-refractivity contribution >= 4 is 45.2 Å². The maximum Gasteiger partial charge on any atom is 0.337 e. The third-order valence-electron chi connectivity index (χ3n) is 4.12. The average molecular weight is 401 g/mol. The van der Waals surface area contributed by atoms with E-state index >= 15 is 0 Å². The quantitative estimate of drug-likeness (QED) is 0.610. The van der Waals surface area contributed by atoms with Crippen molar-refractivity contribution < 1.29 is 14.3 Å². The number of amides is 1. The van der Waals surface area contributed by atoms with Gasteiger partial charge in [-0.1, -0.05) is 29.0 Å². The van der Waals surface area contributed by atoms with Crippen LogP contribution in [0, 0.1) is 6.92 Å². The van der Waals surface area contributed by atoms with Crippen LogP contribution in [0.1, 0.15) is 26.3 Å². The summed E-state index contributed by atoms with van der Waals surface area (Å²) in [5, 5.41) is 0. The first-order valence-electron chi connectivity index (χ1n) is 8.40. The Morgan fingerprint density at radius 3 is 2.52 bits per heavy atom. The van der Waals surface area contributed by atoms with Crippen LogP contribution < -0.4 is 4.80 Å². The fourth-order valence-corrected chi connectivity index (χ4v) is 4.11. The van der Waals surface area contributed by atoms with Crippen molar-refractivity contribution in [2.45, 2.75) is 13.5 Å². The molecule has 0 aliphatic heterocycles. The van der Waals surface area contributed by atoms with E-state index in [0.29, 0.717) is 15.9 Å². The van der Waals surface area contributed by atoms with Crippen molar-refractivity contribution in [2.75, 3.05) is 19.1 Å². The molecule has 0 aliphatic rings. The smallest absolute Gasteiger partial charge is 0.337 e. The molecule has 0 saturated heterocycles. The van der Waals surface area contributed by atoms with Crippen LogP contribution in [-0.4, -0.2) is 35.6 Å². The number of methoxy groups -OCH3 is 1. The summed E-state index contributed by atoms with van der Waals surface area (Å²) in [6.45, 7) is 2.71. The van der Waals surface area contributed by atoms with Crippen LogP contribution in [0.3, 0.4) is 0 Å². The minimum atomic E-state index is -0.379. The molecule has 1 aromatic heterocycles. The van der Waals surface area contributed by atoms with Gasteiger partial charge in [0.15, 0.2) is 4.80 Å². The number of fused-ring (bicyclic) bond motifs is 1. The maximum absolute atomic E-state index is 12.6. The van der Waals surface area contributed by atoms with Gasteiger partial charge in [0.05, 0.1) is 22.9 Å². The second-order valence-electron chi connectivity index (χ2n) is 5.99. The molecule has 0 radical (unpaired) electrons. The minimum Gasteiger partial charge on any atom is -0.465 e. The van der Waals surface area contributed by atoms with E-state index in [2.05, 4.69) is 4.99 Å². The van der Waals surface area contributed by atoms with E-state index in [1.54, 1.807) is 36.0 Å². The number of esters is 1. The number of carbonyl (C=O) groups excluding carboxylic acids is 2. The lowest BCUT2D eigenvalue weighted by Gasteiger charge is -2.04. The Labute approximate surface area is 165 Å². The van der Waals surface area contributed by atoms with Crippen LogP contribution in [0.2, 0.25) is 0 Å². The molecular weight excluding hydrogens is 380 g/mol. The Kier molecular flexibility index (Phi) is 6.13. The Bertz CT molecular complexity index is 1050. The lowest BCUT2D eigenvalue weighted by Crippen LogP contribution is -2.18. The first kappa shape index (κ1) is 19.4. The van der Waals surface area contributed by atoms with E-state index in [1.165, 1.54) is 18.4 Å². The summed E-state index contributed by atoms with van der Waals surface area (Å²) < 4.78 is 7.73. The van der Waals surface area contributed by atoms with Gasteiger partial charge in [0.25, 0.3) is 5.91 Å². The molecule has 140 valence electrons. The predicted octanol–water partition coefficient (Wildman–Crippen LogP) is 3.90. The van der Waals surface area contributed by atoms with Gasteiger partial charge in [-0.25, -0.2) is 4.79 Å². The maximum atomic E-state index is 12.6. The third kappa shape index (κ3) is 4.31. The predicted molar refractivity (Wildman–Crippen MR) is 111 cm³/mol. The minimum absolute atomic E-state index is 0.271. The number of rotatable bonds is 5. The first-order chi connectivity index (χ1) is 13.0. The zero-order valence-electron chi connectivity index (χ0n) is 15.4. The molecule has 1 amide bonds. The Hall–Kier alpha value is -2.38. The van der Waals surface area contributed by atoms with Crippen LogP contribution >= 0.6 is 23.1 Å². The van der Waals surface area contributed by atoms with E-state index < -0.39 is 0 Å². The standard InChI is InChI=1S/C20H20N2O3S2/c1-13-4-6-14(7-5-13)18(23)21-20-22(10-11-26-3)16-9-8-15(19(24)25-2)12-17(16)27-20/h4-9,12H,10-11H2,1-3H3. The number of ether oxygens (including phenoxy) is 1. The molecule has 1 heterocycles. The number of hydrogen-bond donors (Lipinski definition) is 0. The van der Waals surface area contributed by atoms with Crippen molar-refractivity contribution in [3.63, 3.8) is 0 Å². The number of hydrogen-bond acceptors (Lipinski definition) is 5. The van der Waals surface area contributed by atoms with E-state index in [9.17, 15) is 9.59 Å². The summed E-state index contributed by atoms with van der Waals surface area (Å²) in [7, 11) is 1.36. The van der Waals surface area contributed by atoms with Gasteiger partial charge in [-0.2, -0.15) is 16.8 Å². The van der Waals surface area contributed by atoms with Gasteiger partial charge in [-0.3, -0.25) is 4.79 Å². The summed E-state index contributed by atoms with van der Waals surface area (Å²) in [5.74, 6) is 0.249. The number of aryl methyl sites for hydroxylation is 2. The summed E-state index contributed by atoms with van der Waals surface area (Å²) in [6, 6.07) is 12.8. The van der Waals surface area contributed by atoms with Gasteiger partial charge >= 0.3 is 5.97 Å². The Morgan fingerprint density at radius 1 is 1.15 bits per heavy atom. The SMILES string of the molecule is COC(=O)c1ccc2c(c1)sc(=NC(=O)c1ccc(C)cc1)n2CCSC. The lowest BCUT2D eigenvalue weighted by molar-refractivity contribution is 0.0601. The van der Waals surface area contributed by atoms with Crippen LogP contribution in [-0.2, 0) is 11.3 Å². The highest BCUT2D eigenvalue weighted by atomic mass is 32.2. The molecule has 27 heavy (non-hydrogen) atoms. The second-order valence-corrected chi connectivity index (χ2v) is 7.98. The first-order valence-corrected chi connectivity index (χ1v) is 10.6. The molecule has 3 aromatic rings. The highest BCUT2D eigenvalue weighted by molar-refractivity contribution is 7.98. The molecule has 3 rings (SSSR count). The zero-order chi connectivity index (χ0) is 19.4. The summed E-state index contributed by atoms with van der Waals surface area (Å²) >= 11 is 3.13. The highest BCUT2D eigenvalue weighted by Gasteiger charge is 2.12. The molecule has 0 atom stereocenters. The topological polar surface area (TPSA) is 60.7 Å². The van der Waals surface area contributed by atoms with E-state index in [1.807, 2.05) is 35.9 Å². The zero-order valence-corrected chi connectivity index (χ0v) is 17.0. The number of thiazole rings is 1. The second kappa shape index (κ2) is 8.54. The molecule has 0 saturated carbocycles. The largest absolute Gasteiger partial charge is 0.465 e. The average Bonchev–Trinajstić information content (AvgIpc) is 3.02. The molecular formula is C20H20N2O3S2. The number of benzene rings is 2.